The fraction of sp³-hybridized carbons (Fsp3) is 0.577. The van der Waals surface area contributed by atoms with E-state index < -0.39 is 0 Å². The van der Waals surface area contributed by atoms with E-state index in [4.69, 9.17) is 5.41 Å². The highest BCUT2D eigenvalue weighted by Gasteiger charge is 2.47. The zero-order chi connectivity index (χ0) is 22.6. The third-order valence-corrected chi connectivity index (χ3v) is 7.28. The fourth-order valence-electron chi connectivity index (χ4n) is 5.44. The molecule has 2 unspecified atom stereocenters. The van der Waals surface area contributed by atoms with E-state index in [1.807, 2.05) is 36.4 Å². The molecule has 1 spiro atoms. The van der Waals surface area contributed by atoms with Crippen molar-refractivity contribution in [3.05, 3.63) is 48.1 Å². The molecule has 2 fully saturated rings. The van der Waals surface area contributed by atoms with Gasteiger partial charge in [0.1, 0.15) is 11.4 Å². The number of hydrogen-bond acceptors (Lipinski definition) is 5. The normalized spacial score (nSPS) is 20.4. The zero-order valence-corrected chi connectivity index (χ0v) is 19.8. The van der Waals surface area contributed by atoms with Crippen LogP contribution in [0, 0.1) is 22.7 Å². The van der Waals surface area contributed by atoms with Gasteiger partial charge in [0.15, 0.2) is 0 Å². The van der Waals surface area contributed by atoms with E-state index >= 15 is 0 Å². The lowest BCUT2D eigenvalue weighted by Gasteiger charge is -2.57. The van der Waals surface area contributed by atoms with Crippen LogP contribution in [0.1, 0.15) is 46.0 Å². The summed E-state index contributed by atoms with van der Waals surface area (Å²) in [6.45, 7) is 9.35. The van der Waals surface area contributed by atoms with Crippen LogP contribution in [0.4, 0.5) is 0 Å². The molecule has 2 N–H and O–H groups in total. The first kappa shape index (κ1) is 22.9. The summed E-state index contributed by atoms with van der Waals surface area (Å²) in [4.78, 5) is 2.67. The average Bonchev–Trinajstić information content (AvgIpc) is 3.16. The molecule has 32 heavy (non-hydrogen) atoms. The number of benzene rings is 1. The van der Waals surface area contributed by atoms with Gasteiger partial charge in [-0.25, -0.2) is 0 Å². The fourth-order valence-corrected chi connectivity index (χ4v) is 5.44. The van der Waals surface area contributed by atoms with Gasteiger partial charge in [-0.05, 0) is 81.7 Å². The summed E-state index contributed by atoms with van der Waals surface area (Å²) in [6.07, 6.45) is 12.9. The standard InChI is InChI=1S/C26H38N6/c1-4-21(15-22(16-28-3)17-31-18-26(19-31)12-7-13-26)14-20(2)10-11-25(27)32-24-9-6-5-8-23(24)29-30-32/h5-6,8-11,14,21-22,27-28H,4,7,12-13,15-19H2,1-3H3/b11-10-,20-14+,27-25?. The van der Waals surface area contributed by atoms with E-state index in [1.165, 1.54) is 50.9 Å². The number of nitrogens with zero attached hydrogens (tertiary/aromatic N) is 4. The lowest BCUT2D eigenvalue weighted by Crippen LogP contribution is -2.60. The molecule has 172 valence electrons. The van der Waals surface area contributed by atoms with Crippen LogP contribution in [-0.4, -0.2) is 59.0 Å². The number of aromatic nitrogens is 3. The first-order valence-electron chi connectivity index (χ1n) is 12.1. The second-order valence-corrected chi connectivity index (χ2v) is 9.97. The van der Waals surface area contributed by atoms with Crippen molar-refractivity contribution in [1.82, 2.24) is 25.2 Å². The molecule has 0 radical (unpaired) electrons. The molecule has 0 amide bonds. The maximum atomic E-state index is 8.41. The van der Waals surface area contributed by atoms with E-state index in [0.717, 1.165) is 24.0 Å². The van der Waals surface area contributed by atoms with Crippen LogP contribution in [0.2, 0.25) is 0 Å². The van der Waals surface area contributed by atoms with Crippen LogP contribution in [0.3, 0.4) is 0 Å². The highest BCUT2D eigenvalue weighted by molar-refractivity contribution is 5.97. The quantitative estimate of drug-likeness (QED) is 0.328. The van der Waals surface area contributed by atoms with E-state index in [0.29, 0.717) is 23.1 Å². The van der Waals surface area contributed by atoms with Crippen molar-refractivity contribution in [3.63, 3.8) is 0 Å². The Bertz CT molecular complexity index is 975. The molecule has 0 bridgehead atoms. The van der Waals surface area contributed by atoms with Crippen LogP contribution in [0.15, 0.2) is 48.1 Å². The molecule has 6 heteroatoms. The number of nitrogens with one attached hydrogen (secondary N) is 2. The van der Waals surface area contributed by atoms with Gasteiger partial charge < -0.3 is 10.2 Å². The van der Waals surface area contributed by atoms with Gasteiger partial charge in [0, 0.05) is 19.6 Å². The summed E-state index contributed by atoms with van der Waals surface area (Å²) in [5.74, 6) is 1.56. The molecular formula is C26H38N6. The molecule has 1 aromatic heterocycles. The number of hydrogen-bond donors (Lipinski definition) is 2. The maximum Gasteiger partial charge on any atom is 0.148 e. The Morgan fingerprint density at radius 2 is 2.03 bits per heavy atom. The van der Waals surface area contributed by atoms with Crippen LogP contribution in [0.5, 0.6) is 0 Å². The molecule has 1 aliphatic heterocycles. The SMILES string of the molecule is CCC(/C=C(C)/C=C\C(=N)n1nnc2ccccc21)CC(CNC)CN1CC2(CCC2)C1. The second kappa shape index (κ2) is 10.1. The summed E-state index contributed by atoms with van der Waals surface area (Å²) >= 11 is 0. The largest absolute Gasteiger partial charge is 0.319 e. The molecule has 1 saturated carbocycles. The van der Waals surface area contributed by atoms with E-state index in [2.05, 4.69) is 47.5 Å². The Kier molecular flexibility index (Phi) is 7.21. The Morgan fingerprint density at radius 1 is 1.25 bits per heavy atom. The van der Waals surface area contributed by atoms with Gasteiger partial charge in [-0.3, -0.25) is 5.41 Å². The van der Waals surface area contributed by atoms with Crippen LogP contribution >= 0.6 is 0 Å². The minimum absolute atomic E-state index is 0.329. The molecule has 2 atom stereocenters. The van der Waals surface area contributed by atoms with Crippen LogP contribution in [-0.2, 0) is 0 Å². The van der Waals surface area contributed by atoms with E-state index in [1.54, 1.807) is 4.68 Å². The smallest absolute Gasteiger partial charge is 0.148 e. The third kappa shape index (κ3) is 5.18. The molecule has 1 aliphatic carbocycles. The van der Waals surface area contributed by atoms with Gasteiger partial charge in [0.05, 0.1) is 5.52 Å². The van der Waals surface area contributed by atoms with Crippen molar-refractivity contribution in [1.29, 1.82) is 5.41 Å². The van der Waals surface area contributed by atoms with Crippen molar-refractivity contribution < 1.29 is 0 Å². The number of likely N-dealkylation sites (tertiary alicyclic amines) is 1. The molecule has 1 aromatic carbocycles. The maximum absolute atomic E-state index is 8.41. The van der Waals surface area contributed by atoms with Crippen molar-refractivity contribution in [2.75, 3.05) is 33.2 Å². The predicted octanol–water partition coefficient (Wildman–Crippen LogP) is 4.50. The molecule has 2 aliphatic rings. The predicted molar refractivity (Wildman–Crippen MR) is 132 cm³/mol. The first-order valence-corrected chi connectivity index (χ1v) is 12.1. The van der Waals surface area contributed by atoms with E-state index in [9.17, 15) is 0 Å². The summed E-state index contributed by atoms with van der Waals surface area (Å²) in [7, 11) is 2.07. The third-order valence-electron chi connectivity index (χ3n) is 7.28. The Balaban J connectivity index is 1.33. The number of allylic oxidation sites excluding steroid dienone is 4. The minimum atomic E-state index is 0.329. The summed E-state index contributed by atoms with van der Waals surface area (Å²) < 4.78 is 1.58. The molecule has 4 rings (SSSR count). The molecular weight excluding hydrogens is 396 g/mol. The molecule has 2 aromatic rings. The van der Waals surface area contributed by atoms with Crippen molar-refractivity contribution >= 4 is 16.9 Å². The monoisotopic (exact) mass is 434 g/mol. The lowest BCUT2D eigenvalue weighted by atomic mass is 9.63. The van der Waals surface area contributed by atoms with E-state index in [-0.39, 0.29) is 0 Å². The van der Waals surface area contributed by atoms with Gasteiger partial charge in [-0.1, -0.05) is 48.4 Å². The Labute approximate surface area is 192 Å². The highest BCUT2D eigenvalue weighted by Crippen LogP contribution is 2.48. The Morgan fingerprint density at radius 3 is 2.72 bits per heavy atom. The summed E-state index contributed by atoms with van der Waals surface area (Å²) in [6, 6.07) is 7.75. The average molecular weight is 435 g/mol. The number of fused-ring (bicyclic) bond motifs is 1. The summed E-state index contributed by atoms with van der Waals surface area (Å²) in [5, 5.41) is 20.1. The van der Waals surface area contributed by atoms with Crippen molar-refractivity contribution in [2.24, 2.45) is 17.3 Å². The van der Waals surface area contributed by atoms with Crippen molar-refractivity contribution in [3.8, 4) is 0 Å². The van der Waals surface area contributed by atoms with Gasteiger partial charge in [-0.15, -0.1) is 5.10 Å². The molecule has 6 nitrogen and oxygen atoms in total. The molecule has 2 heterocycles. The first-order chi connectivity index (χ1) is 15.5. The van der Waals surface area contributed by atoms with Crippen LogP contribution in [0.25, 0.3) is 11.0 Å². The summed E-state index contributed by atoms with van der Waals surface area (Å²) in [5.41, 5.74) is 3.58. The highest BCUT2D eigenvalue weighted by atomic mass is 15.4. The van der Waals surface area contributed by atoms with Crippen molar-refractivity contribution in [2.45, 2.75) is 46.0 Å². The zero-order valence-electron chi connectivity index (χ0n) is 19.8. The van der Waals surface area contributed by atoms with Gasteiger partial charge >= 0.3 is 0 Å². The minimum Gasteiger partial charge on any atom is -0.319 e. The Hall–Kier alpha value is -2.31. The van der Waals surface area contributed by atoms with Crippen LogP contribution < -0.4 is 5.32 Å². The topological polar surface area (TPSA) is 69.8 Å². The van der Waals surface area contributed by atoms with Gasteiger partial charge in [0.25, 0.3) is 0 Å². The number of rotatable bonds is 10. The second-order valence-electron chi connectivity index (χ2n) is 9.97. The van der Waals surface area contributed by atoms with Gasteiger partial charge in [-0.2, -0.15) is 4.68 Å². The lowest BCUT2D eigenvalue weighted by molar-refractivity contribution is -0.0672. The number of para-hydroxylation sites is 1. The van der Waals surface area contributed by atoms with Gasteiger partial charge in [0.2, 0.25) is 0 Å². The molecule has 1 saturated heterocycles.